The Bertz CT molecular complexity index is 877. The predicted molar refractivity (Wildman–Crippen MR) is 115 cm³/mol. The molecule has 1 aliphatic carbocycles. The van der Waals surface area contributed by atoms with Crippen LogP contribution < -0.4 is 0 Å². The molecule has 150 valence electrons. The van der Waals surface area contributed by atoms with Crippen molar-refractivity contribution < 1.29 is 9.50 Å². The molecule has 0 aliphatic heterocycles. The Morgan fingerprint density at radius 1 is 1.21 bits per heavy atom. The average molecular weight is 382 g/mol. The molecule has 0 unspecified atom stereocenters. The Morgan fingerprint density at radius 3 is 2.43 bits per heavy atom. The second kappa shape index (κ2) is 8.46. The van der Waals surface area contributed by atoms with Crippen LogP contribution in [0.5, 0.6) is 5.75 Å². The number of aromatic nitrogens is 1. The van der Waals surface area contributed by atoms with Crippen molar-refractivity contribution in [2.75, 3.05) is 0 Å². The first-order valence-corrected chi connectivity index (χ1v) is 10.6. The molecule has 2 aromatic rings. The van der Waals surface area contributed by atoms with Gasteiger partial charge in [0.25, 0.3) is 0 Å². The van der Waals surface area contributed by atoms with E-state index in [9.17, 15) is 5.11 Å². The van der Waals surface area contributed by atoms with Gasteiger partial charge in [-0.05, 0) is 85.8 Å². The van der Waals surface area contributed by atoms with Crippen molar-refractivity contribution >= 4 is 5.57 Å². The van der Waals surface area contributed by atoms with E-state index in [-0.39, 0.29) is 11.6 Å². The highest BCUT2D eigenvalue weighted by atomic mass is 19.1. The van der Waals surface area contributed by atoms with Crippen LogP contribution in [-0.2, 0) is 0 Å². The van der Waals surface area contributed by atoms with Crippen molar-refractivity contribution in [3.05, 3.63) is 53.0 Å². The van der Waals surface area contributed by atoms with E-state index in [4.69, 9.17) is 0 Å². The summed E-state index contributed by atoms with van der Waals surface area (Å²) in [4.78, 5) is 4.54. The van der Waals surface area contributed by atoms with Crippen molar-refractivity contribution in [2.45, 2.75) is 72.1 Å². The molecule has 1 aliphatic rings. The van der Waals surface area contributed by atoms with Crippen LogP contribution >= 0.6 is 0 Å². The number of pyridine rings is 1. The van der Waals surface area contributed by atoms with E-state index in [0.29, 0.717) is 23.1 Å². The number of hydrogen-bond acceptors (Lipinski definition) is 2. The van der Waals surface area contributed by atoms with Crippen molar-refractivity contribution in [1.82, 2.24) is 4.98 Å². The Kier molecular flexibility index (Phi) is 6.22. The van der Waals surface area contributed by atoms with Gasteiger partial charge in [0.1, 0.15) is 11.4 Å². The van der Waals surface area contributed by atoms with Crippen LogP contribution in [0.4, 0.5) is 4.39 Å². The van der Waals surface area contributed by atoms with Crippen LogP contribution in [-0.4, -0.2) is 10.1 Å². The molecule has 28 heavy (non-hydrogen) atoms. The molecule has 0 radical (unpaired) electrons. The van der Waals surface area contributed by atoms with Gasteiger partial charge in [-0.15, -0.1) is 0 Å². The molecule has 0 amide bonds. The number of aromatic hydroxyl groups is 1. The van der Waals surface area contributed by atoms with Crippen LogP contribution in [0.25, 0.3) is 16.8 Å². The molecule has 3 heteroatoms. The zero-order valence-electron chi connectivity index (χ0n) is 17.6. The smallest absolute Gasteiger partial charge is 0.152 e. The third-order valence-corrected chi connectivity index (χ3v) is 5.99. The molecule has 0 spiro atoms. The van der Waals surface area contributed by atoms with Crippen molar-refractivity contribution in [2.24, 2.45) is 5.92 Å². The summed E-state index contributed by atoms with van der Waals surface area (Å²) in [5.74, 6) is 0.684. The van der Waals surface area contributed by atoms with Gasteiger partial charge in [-0.25, -0.2) is 4.39 Å². The van der Waals surface area contributed by atoms with Gasteiger partial charge in [0.15, 0.2) is 5.82 Å². The zero-order valence-corrected chi connectivity index (χ0v) is 17.6. The number of benzene rings is 1. The number of allylic oxidation sites excluding steroid dienone is 1. The highest BCUT2D eigenvalue weighted by molar-refractivity contribution is 5.74. The van der Waals surface area contributed by atoms with Gasteiger partial charge in [0.05, 0.1) is 0 Å². The average Bonchev–Trinajstić information content (AvgIpc) is 3.47. The minimum Gasteiger partial charge on any atom is -0.508 e. The molecule has 1 N–H and O–H groups in total. The van der Waals surface area contributed by atoms with Gasteiger partial charge >= 0.3 is 0 Å². The summed E-state index contributed by atoms with van der Waals surface area (Å²) < 4.78 is 15.5. The maximum absolute atomic E-state index is 15.5. The summed E-state index contributed by atoms with van der Waals surface area (Å²) in [6, 6.07) is 3.43. The molecular formula is C25H32FNO. The number of aryl methyl sites for hydroxylation is 1. The Labute approximate surface area is 168 Å². The highest BCUT2D eigenvalue weighted by Crippen LogP contribution is 2.47. The van der Waals surface area contributed by atoms with E-state index in [1.807, 2.05) is 13.8 Å². The SMILES string of the molecule is C=C(c1cnc(-c2cc(O)cc(C)c2C2CC2)c(F)c1C)C(CCC)CCC. The fourth-order valence-electron chi connectivity index (χ4n) is 4.39. The van der Waals surface area contributed by atoms with E-state index in [2.05, 4.69) is 25.4 Å². The molecule has 1 saturated carbocycles. The summed E-state index contributed by atoms with van der Waals surface area (Å²) in [6.07, 6.45) is 8.31. The summed E-state index contributed by atoms with van der Waals surface area (Å²) in [7, 11) is 0. The normalized spacial score (nSPS) is 13.9. The van der Waals surface area contributed by atoms with Gasteiger partial charge in [0, 0.05) is 17.3 Å². The molecule has 3 rings (SSSR count). The maximum Gasteiger partial charge on any atom is 0.152 e. The van der Waals surface area contributed by atoms with Gasteiger partial charge in [-0.2, -0.15) is 0 Å². The van der Waals surface area contributed by atoms with E-state index in [1.165, 1.54) is 0 Å². The molecule has 0 bridgehead atoms. The van der Waals surface area contributed by atoms with Gasteiger partial charge in [-0.1, -0.05) is 33.3 Å². The first-order valence-electron chi connectivity index (χ1n) is 10.6. The Balaban J connectivity index is 2.05. The van der Waals surface area contributed by atoms with E-state index < -0.39 is 0 Å². The quantitative estimate of drug-likeness (QED) is 0.520. The van der Waals surface area contributed by atoms with E-state index in [0.717, 1.165) is 66.4 Å². The fraction of sp³-hybridized carbons (Fsp3) is 0.480. The van der Waals surface area contributed by atoms with Crippen molar-refractivity contribution in [3.8, 4) is 17.0 Å². The third kappa shape index (κ3) is 3.99. The molecule has 2 nitrogen and oxygen atoms in total. The van der Waals surface area contributed by atoms with E-state index >= 15 is 4.39 Å². The molecule has 1 heterocycles. The lowest BCUT2D eigenvalue weighted by molar-refractivity contribution is 0.475. The molecule has 1 aromatic carbocycles. The van der Waals surface area contributed by atoms with Gasteiger partial charge in [-0.3, -0.25) is 4.98 Å². The lowest BCUT2D eigenvalue weighted by Crippen LogP contribution is -2.07. The minimum atomic E-state index is -0.294. The number of phenolic OH excluding ortho intramolecular Hbond substituents is 1. The first-order chi connectivity index (χ1) is 13.4. The predicted octanol–water partition coefficient (Wildman–Crippen LogP) is 7.32. The lowest BCUT2D eigenvalue weighted by atomic mass is 9.85. The summed E-state index contributed by atoms with van der Waals surface area (Å²) in [6.45, 7) is 12.5. The van der Waals surface area contributed by atoms with Crippen LogP contribution in [0.1, 0.15) is 80.5 Å². The number of halogens is 1. The standard InChI is InChI=1S/C25H32FNO/c1-6-8-18(9-7-2)16(4)22-14-27-25(24(26)17(22)5)21-13-20(28)12-15(3)23(21)19-10-11-19/h12-14,18-19,28H,4,6-11H2,1-3,5H3. The second-order valence-corrected chi connectivity index (χ2v) is 8.26. The number of phenols is 1. The van der Waals surface area contributed by atoms with Crippen molar-refractivity contribution in [3.63, 3.8) is 0 Å². The maximum atomic E-state index is 15.5. The summed E-state index contributed by atoms with van der Waals surface area (Å²) in [5, 5.41) is 10.1. The van der Waals surface area contributed by atoms with Crippen molar-refractivity contribution in [1.29, 1.82) is 0 Å². The first kappa shape index (κ1) is 20.6. The largest absolute Gasteiger partial charge is 0.508 e. The zero-order chi connectivity index (χ0) is 20.4. The third-order valence-electron chi connectivity index (χ3n) is 5.99. The Morgan fingerprint density at radius 2 is 1.86 bits per heavy atom. The van der Waals surface area contributed by atoms with Crippen LogP contribution in [0, 0.1) is 25.6 Å². The molecule has 0 atom stereocenters. The van der Waals surface area contributed by atoms with E-state index in [1.54, 1.807) is 18.3 Å². The lowest BCUT2D eigenvalue weighted by Gasteiger charge is -2.21. The molecule has 1 fully saturated rings. The highest BCUT2D eigenvalue weighted by Gasteiger charge is 2.30. The van der Waals surface area contributed by atoms with Gasteiger partial charge < -0.3 is 5.11 Å². The molecule has 1 aromatic heterocycles. The minimum absolute atomic E-state index is 0.162. The fourth-order valence-corrected chi connectivity index (χ4v) is 4.39. The van der Waals surface area contributed by atoms with Crippen LogP contribution in [0.15, 0.2) is 24.9 Å². The Hall–Kier alpha value is -2.16. The summed E-state index contributed by atoms with van der Waals surface area (Å²) in [5.41, 5.74) is 5.65. The second-order valence-electron chi connectivity index (χ2n) is 8.26. The van der Waals surface area contributed by atoms with Crippen LogP contribution in [0.3, 0.4) is 0 Å². The van der Waals surface area contributed by atoms with Crippen LogP contribution in [0.2, 0.25) is 0 Å². The monoisotopic (exact) mass is 381 g/mol. The number of hydrogen-bond donors (Lipinski definition) is 1. The molecule has 0 saturated heterocycles. The number of nitrogens with zero attached hydrogens (tertiary/aromatic N) is 1. The number of rotatable bonds is 8. The topological polar surface area (TPSA) is 33.1 Å². The summed E-state index contributed by atoms with van der Waals surface area (Å²) >= 11 is 0. The van der Waals surface area contributed by atoms with Gasteiger partial charge in [0.2, 0.25) is 0 Å². The molecular weight excluding hydrogens is 349 g/mol.